The van der Waals surface area contributed by atoms with Gasteiger partial charge in [0.15, 0.2) is 11.7 Å². The van der Waals surface area contributed by atoms with Crippen molar-refractivity contribution in [2.45, 2.75) is 46.5 Å². The molecule has 2 rings (SSSR count). The van der Waals surface area contributed by atoms with Gasteiger partial charge in [0.05, 0.1) is 7.11 Å². The van der Waals surface area contributed by atoms with Crippen molar-refractivity contribution in [2.75, 3.05) is 7.11 Å². The van der Waals surface area contributed by atoms with Gasteiger partial charge in [-0.2, -0.15) is 0 Å². The van der Waals surface area contributed by atoms with Crippen LogP contribution in [0.15, 0.2) is 46.3 Å². The summed E-state index contributed by atoms with van der Waals surface area (Å²) in [5.41, 5.74) is 2.70. The van der Waals surface area contributed by atoms with Crippen LogP contribution < -0.4 is 0 Å². The normalized spacial score (nSPS) is 19.5. The number of hydrogen-bond acceptors (Lipinski definition) is 1. The molecule has 0 saturated carbocycles. The van der Waals surface area contributed by atoms with E-state index in [-0.39, 0.29) is 5.76 Å². The molecule has 0 saturated heterocycles. The van der Waals surface area contributed by atoms with E-state index in [4.69, 9.17) is 4.74 Å². The maximum Gasteiger partial charge on any atom is 0.196 e. The van der Waals surface area contributed by atoms with Gasteiger partial charge in [-0.05, 0) is 37.3 Å². The first-order chi connectivity index (χ1) is 9.13. The molecule has 0 atom stereocenters. The summed E-state index contributed by atoms with van der Waals surface area (Å²) < 4.78 is 32.3. The van der Waals surface area contributed by atoms with Crippen LogP contribution in [-0.2, 0) is 4.74 Å². The van der Waals surface area contributed by atoms with Crippen LogP contribution in [0.2, 0.25) is 0 Å². The van der Waals surface area contributed by atoms with Gasteiger partial charge in [-0.1, -0.05) is 31.6 Å². The molecule has 1 nitrogen and oxygen atoms in total. The van der Waals surface area contributed by atoms with E-state index in [9.17, 15) is 8.78 Å². The molecule has 2 aliphatic carbocycles. The van der Waals surface area contributed by atoms with Crippen LogP contribution in [0.5, 0.6) is 0 Å². The Morgan fingerprint density at radius 2 is 1.63 bits per heavy atom. The minimum absolute atomic E-state index is 0.120. The first kappa shape index (κ1) is 15.7. The van der Waals surface area contributed by atoms with E-state index >= 15 is 0 Å². The van der Waals surface area contributed by atoms with Crippen molar-refractivity contribution in [1.29, 1.82) is 0 Å². The zero-order chi connectivity index (χ0) is 14.4. The highest BCUT2D eigenvalue weighted by molar-refractivity contribution is 5.46. The van der Waals surface area contributed by atoms with Crippen LogP contribution >= 0.6 is 0 Å². The summed E-state index contributed by atoms with van der Waals surface area (Å²) in [5, 5.41) is 0. The summed E-state index contributed by atoms with van der Waals surface area (Å²) in [5.74, 6) is -1.46. The van der Waals surface area contributed by atoms with Crippen molar-refractivity contribution in [3.05, 3.63) is 46.3 Å². The standard InChI is InChI=1S/C14H16F2O.C2H6/c1-9-3-5-10(6-4-9)11-7-8-12(17-2)14(16)13(11)15;1-2/h3,5H,4,6-8H2,1-2H3;1-2H3. The Labute approximate surface area is 114 Å². The Balaban J connectivity index is 0.000000861. The second-order valence-electron chi connectivity index (χ2n) is 4.44. The monoisotopic (exact) mass is 268 g/mol. The van der Waals surface area contributed by atoms with Crippen LogP contribution in [0.25, 0.3) is 0 Å². The van der Waals surface area contributed by atoms with Crippen molar-refractivity contribution < 1.29 is 13.5 Å². The first-order valence-electron chi connectivity index (χ1n) is 6.82. The minimum Gasteiger partial charge on any atom is -0.498 e. The SMILES string of the molecule is CC.COC1=C(F)C(F)=C(C2=CC=C(C)CC2)CC1. The number of rotatable bonds is 2. The topological polar surface area (TPSA) is 9.23 Å². The van der Waals surface area contributed by atoms with Gasteiger partial charge in [0.1, 0.15) is 5.76 Å². The van der Waals surface area contributed by atoms with Gasteiger partial charge in [0, 0.05) is 6.42 Å². The molecule has 0 aromatic rings. The van der Waals surface area contributed by atoms with Gasteiger partial charge in [0.2, 0.25) is 0 Å². The molecule has 3 heteroatoms. The fourth-order valence-corrected chi connectivity index (χ4v) is 2.20. The summed E-state index contributed by atoms with van der Waals surface area (Å²) in [4.78, 5) is 0. The largest absolute Gasteiger partial charge is 0.498 e. The lowest BCUT2D eigenvalue weighted by atomic mass is 9.88. The zero-order valence-electron chi connectivity index (χ0n) is 12.1. The quantitative estimate of drug-likeness (QED) is 0.640. The summed E-state index contributed by atoms with van der Waals surface area (Å²) in [6.45, 7) is 6.04. The van der Waals surface area contributed by atoms with Crippen molar-refractivity contribution in [3.8, 4) is 0 Å². The van der Waals surface area contributed by atoms with Crippen LogP contribution in [0.3, 0.4) is 0 Å². The number of halogens is 2. The fourth-order valence-electron chi connectivity index (χ4n) is 2.20. The van der Waals surface area contributed by atoms with Crippen molar-refractivity contribution in [2.24, 2.45) is 0 Å². The Morgan fingerprint density at radius 1 is 0.947 bits per heavy atom. The summed E-state index contributed by atoms with van der Waals surface area (Å²) >= 11 is 0. The molecule has 0 amide bonds. The molecular formula is C16H22F2O. The van der Waals surface area contributed by atoms with Crippen LogP contribution in [0, 0.1) is 0 Å². The second-order valence-corrected chi connectivity index (χ2v) is 4.44. The van der Waals surface area contributed by atoms with Gasteiger partial charge < -0.3 is 4.74 Å². The van der Waals surface area contributed by atoms with Gasteiger partial charge in [-0.25, -0.2) is 8.78 Å². The summed E-state index contributed by atoms with van der Waals surface area (Å²) in [7, 11) is 1.37. The molecular weight excluding hydrogens is 246 g/mol. The fraction of sp³-hybridized carbons (Fsp3) is 0.500. The molecule has 0 unspecified atom stereocenters. The zero-order valence-corrected chi connectivity index (χ0v) is 12.1. The van der Waals surface area contributed by atoms with Gasteiger partial charge in [-0.3, -0.25) is 0 Å². The van der Waals surface area contributed by atoms with E-state index in [1.807, 2.05) is 32.9 Å². The molecule has 2 aliphatic rings. The highest BCUT2D eigenvalue weighted by atomic mass is 19.2. The number of methoxy groups -OCH3 is 1. The Morgan fingerprint density at radius 3 is 2.16 bits per heavy atom. The molecule has 0 radical (unpaired) electrons. The highest BCUT2D eigenvalue weighted by Crippen LogP contribution is 2.38. The van der Waals surface area contributed by atoms with E-state index in [1.54, 1.807) is 0 Å². The van der Waals surface area contributed by atoms with E-state index in [0.29, 0.717) is 18.4 Å². The van der Waals surface area contributed by atoms with Crippen LogP contribution in [0.4, 0.5) is 8.78 Å². The second kappa shape index (κ2) is 7.27. The maximum atomic E-state index is 13.9. The molecule has 0 heterocycles. The molecule has 0 N–H and O–H groups in total. The third kappa shape index (κ3) is 3.55. The van der Waals surface area contributed by atoms with Crippen molar-refractivity contribution >= 4 is 0 Å². The van der Waals surface area contributed by atoms with Gasteiger partial charge >= 0.3 is 0 Å². The lowest BCUT2D eigenvalue weighted by Gasteiger charge is -2.21. The highest BCUT2D eigenvalue weighted by Gasteiger charge is 2.25. The lowest BCUT2D eigenvalue weighted by Crippen LogP contribution is -2.06. The minimum atomic E-state index is -0.832. The van der Waals surface area contributed by atoms with Crippen LogP contribution in [0.1, 0.15) is 46.5 Å². The van der Waals surface area contributed by atoms with E-state index in [2.05, 4.69) is 0 Å². The van der Waals surface area contributed by atoms with E-state index < -0.39 is 11.7 Å². The van der Waals surface area contributed by atoms with E-state index in [0.717, 1.165) is 18.4 Å². The van der Waals surface area contributed by atoms with Crippen molar-refractivity contribution in [3.63, 3.8) is 0 Å². The van der Waals surface area contributed by atoms with Gasteiger partial charge in [-0.15, -0.1) is 0 Å². The molecule has 0 aliphatic heterocycles. The predicted molar refractivity (Wildman–Crippen MR) is 74.9 cm³/mol. The predicted octanol–water partition coefficient (Wildman–Crippen LogP) is 5.52. The Kier molecular flexibility index (Phi) is 6.00. The molecule has 106 valence electrons. The number of allylic oxidation sites excluding steroid dienone is 8. The molecule has 0 spiro atoms. The summed E-state index contributed by atoms with van der Waals surface area (Å²) in [6, 6.07) is 0. The third-order valence-corrected chi connectivity index (χ3v) is 3.30. The van der Waals surface area contributed by atoms with Crippen molar-refractivity contribution in [1.82, 2.24) is 0 Å². The molecule has 0 fully saturated rings. The molecule has 0 aromatic heterocycles. The third-order valence-electron chi connectivity index (χ3n) is 3.30. The van der Waals surface area contributed by atoms with E-state index in [1.165, 1.54) is 12.7 Å². The molecule has 19 heavy (non-hydrogen) atoms. The Bertz CT molecular complexity index is 453. The summed E-state index contributed by atoms with van der Waals surface area (Å²) in [6.07, 6.45) is 6.55. The first-order valence-corrected chi connectivity index (χ1v) is 6.82. The number of ether oxygens (including phenoxy) is 1. The molecule has 0 bridgehead atoms. The lowest BCUT2D eigenvalue weighted by molar-refractivity contribution is 0.254. The van der Waals surface area contributed by atoms with Crippen LogP contribution in [-0.4, -0.2) is 7.11 Å². The number of hydrogen-bond donors (Lipinski definition) is 0. The average molecular weight is 268 g/mol. The smallest absolute Gasteiger partial charge is 0.196 e. The maximum absolute atomic E-state index is 13.9. The average Bonchev–Trinajstić information content (AvgIpc) is 2.45. The van der Waals surface area contributed by atoms with Gasteiger partial charge in [0.25, 0.3) is 0 Å². The molecule has 0 aromatic carbocycles. The Hall–Kier alpha value is -1.38.